The molecule has 20 heavy (non-hydrogen) atoms. The van der Waals surface area contributed by atoms with Gasteiger partial charge in [-0.2, -0.15) is 0 Å². The molecular formula is C14H11FN2O3. The Morgan fingerprint density at radius 3 is 2.70 bits per heavy atom. The van der Waals surface area contributed by atoms with Crippen molar-refractivity contribution in [2.45, 2.75) is 6.92 Å². The quantitative estimate of drug-likeness (QED) is 0.901. The minimum Gasteiger partial charge on any atom is -0.478 e. The number of amides is 1. The van der Waals surface area contributed by atoms with Crippen molar-refractivity contribution in [3.63, 3.8) is 0 Å². The molecular weight excluding hydrogens is 263 g/mol. The fourth-order valence-electron chi connectivity index (χ4n) is 1.72. The van der Waals surface area contributed by atoms with Gasteiger partial charge in [0, 0.05) is 12.4 Å². The zero-order valence-corrected chi connectivity index (χ0v) is 10.6. The summed E-state index contributed by atoms with van der Waals surface area (Å²) < 4.78 is 13.5. The van der Waals surface area contributed by atoms with Crippen molar-refractivity contribution < 1.29 is 19.1 Å². The lowest BCUT2D eigenvalue weighted by atomic mass is 10.1. The summed E-state index contributed by atoms with van der Waals surface area (Å²) in [6, 6.07) is 5.27. The van der Waals surface area contributed by atoms with E-state index in [9.17, 15) is 14.0 Å². The summed E-state index contributed by atoms with van der Waals surface area (Å²) in [6.45, 7) is 1.77. The van der Waals surface area contributed by atoms with E-state index in [0.717, 1.165) is 11.6 Å². The van der Waals surface area contributed by atoms with Crippen molar-refractivity contribution in [1.82, 2.24) is 4.98 Å². The fourth-order valence-corrected chi connectivity index (χ4v) is 1.72. The standard InChI is InChI=1S/C14H11FN2O3/c1-8-5-9(7-16-6-8)13(18)17-11-4-2-3-10(15)12(11)14(19)20/h2-7H,1H3,(H,17,18)(H,19,20). The zero-order valence-electron chi connectivity index (χ0n) is 10.6. The molecule has 0 bridgehead atoms. The molecule has 2 rings (SSSR count). The van der Waals surface area contributed by atoms with Crippen LogP contribution in [-0.2, 0) is 0 Å². The molecule has 0 fully saturated rings. The van der Waals surface area contributed by atoms with E-state index < -0.39 is 23.3 Å². The van der Waals surface area contributed by atoms with Gasteiger partial charge in [0.15, 0.2) is 0 Å². The highest BCUT2D eigenvalue weighted by Crippen LogP contribution is 2.19. The molecule has 0 unspecified atom stereocenters. The van der Waals surface area contributed by atoms with Gasteiger partial charge in [-0.15, -0.1) is 0 Å². The molecule has 0 atom stereocenters. The summed E-state index contributed by atoms with van der Waals surface area (Å²) in [6.07, 6.45) is 2.93. The topological polar surface area (TPSA) is 79.3 Å². The number of pyridine rings is 1. The Kier molecular flexibility index (Phi) is 3.74. The number of hydrogen-bond acceptors (Lipinski definition) is 3. The molecule has 5 nitrogen and oxygen atoms in total. The van der Waals surface area contributed by atoms with Gasteiger partial charge in [0.05, 0.1) is 11.3 Å². The Morgan fingerprint density at radius 1 is 1.30 bits per heavy atom. The zero-order chi connectivity index (χ0) is 14.7. The van der Waals surface area contributed by atoms with Gasteiger partial charge >= 0.3 is 5.97 Å². The van der Waals surface area contributed by atoms with Crippen LogP contribution in [0.25, 0.3) is 0 Å². The summed E-state index contributed by atoms with van der Waals surface area (Å²) in [5, 5.41) is 11.3. The number of nitrogens with one attached hydrogen (secondary N) is 1. The molecule has 1 aromatic carbocycles. The molecule has 102 valence electrons. The maximum absolute atomic E-state index is 13.5. The number of benzene rings is 1. The largest absolute Gasteiger partial charge is 0.478 e. The van der Waals surface area contributed by atoms with Gasteiger partial charge in [-0.05, 0) is 30.7 Å². The van der Waals surface area contributed by atoms with Crippen molar-refractivity contribution in [3.8, 4) is 0 Å². The van der Waals surface area contributed by atoms with Crippen LogP contribution < -0.4 is 5.32 Å². The van der Waals surface area contributed by atoms with Gasteiger partial charge in [-0.3, -0.25) is 9.78 Å². The van der Waals surface area contributed by atoms with Crippen LogP contribution in [0.1, 0.15) is 26.3 Å². The molecule has 0 aliphatic carbocycles. The molecule has 0 aliphatic rings. The molecule has 1 aromatic heterocycles. The number of carbonyl (C=O) groups is 2. The van der Waals surface area contributed by atoms with Crippen LogP contribution in [0.2, 0.25) is 0 Å². The molecule has 1 amide bonds. The monoisotopic (exact) mass is 274 g/mol. The molecule has 0 radical (unpaired) electrons. The summed E-state index contributed by atoms with van der Waals surface area (Å²) in [4.78, 5) is 26.9. The Balaban J connectivity index is 2.33. The Hall–Kier alpha value is -2.76. The number of aromatic nitrogens is 1. The van der Waals surface area contributed by atoms with E-state index >= 15 is 0 Å². The van der Waals surface area contributed by atoms with Crippen molar-refractivity contribution in [2.24, 2.45) is 0 Å². The molecule has 0 saturated carbocycles. The molecule has 6 heteroatoms. The normalized spacial score (nSPS) is 10.1. The van der Waals surface area contributed by atoms with Crippen LogP contribution in [0, 0.1) is 12.7 Å². The number of rotatable bonds is 3. The van der Waals surface area contributed by atoms with Gasteiger partial charge in [0.25, 0.3) is 5.91 Å². The number of carboxylic acid groups (broad SMARTS) is 1. The highest BCUT2D eigenvalue weighted by atomic mass is 19.1. The first-order valence-electron chi connectivity index (χ1n) is 5.74. The maximum atomic E-state index is 13.5. The third-order valence-corrected chi connectivity index (χ3v) is 2.61. The number of aryl methyl sites for hydroxylation is 1. The number of carbonyl (C=O) groups excluding carboxylic acids is 1. The van der Waals surface area contributed by atoms with Gasteiger partial charge < -0.3 is 10.4 Å². The maximum Gasteiger partial charge on any atom is 0.340 e. The Bertz CT molecular complexity index is 686. The highest BCUT2D eigenvalue weighted by molar-refractivity contribution is 6.07. The second-order valence-corrected chi connectivity index (χ2v) is 4.17. The number of carboxylic acids is 1. The minimum absolute atomic E-state index is 0.0935. The van der Waals surface area contributed by atoms with E-state index in [2.05, 4.69) is 10.3 Å². The van der Waals surface area contributed by atoms with Gasteiger partial charge in [-0.1, -0.05) is 6.07 Å². The van der Waals surface area contributed by atoms with Crippen molar-refractivity contribution in [1.29, 1.82) is 0 Å². The van der Waals surface area contributed by atoms with Crippen molar-refractivity contribution >= 4 is 17.6 Å². The summed E-state index contributed by atoms with van der Waals surface area (Å²) in [5.74, 6) is -2.90. The number of halogens is 1. The summed E-state index contributed by atoms with van der Waals surface area (Å²) in [7, 11) is 0. The molecule has 0 aliphatic heterocycles. The second-order valence-electron chi connectivity index (χ2n) is 4.17. The van der Waals surface area contributed by atoms with E-state index in [1.165, 1.54) is 18.3 Å². The van der Waals surface area contributed by atoms with Crippen LogP contribution in [0.15, 0.2) is 36.7 Å². The number of anilines is 1. The van der Waals surface area contributed by atoms with E-state index in [1.54, 1.807) is 19.2 Å². The van der Waals surface area contributed by atoms with Crippen LogP contribution >= 0.6 is 0 Å². The third kappa shape index (κ3) is 2.80. The van der Waals surface area contributed by atoms with Crippen LogP contribution in [0.5, 0.6) is 0 Å². The van der Waals surface area contributed by atoms with Crippen LogP contribution in [0.3, 0.4) is 0 Å². The van der Waals surface area contributed by atoms with E-state index in [1.807, 2.05) is 0 Å². The fraction of sp³-hybridized carbons (Fsp3) is 0.0714. The number of aromatic carboxylic acids is 1. The predicted molar refractivity (Wildman–Crippen MR) is 70.3 cm³/mol. The smallest absolute Gasteiger partial charge is 0.340 e. The van der Waals surface area contributed by atoms with Gasteiger partial charge in [-0.25, -0.2) is 9.18 Å². The Labute approximate surface area is 114 Å². The predicted octanol–water partition coefficient (Wildman–Crippen LogP) is 2.48. The SMILES string of the molecule is Cc1cncc(C(=O)Nc2cccc(F)c2C(=O)O)c1. The van der Waals surface area contributed by atoms with Gasteiger partial charge in [0.1, 0.15) is 11.4 Å². The summed E-state index contributed by atoms with van der Waals surface area (Å²) >= 11 is 0. The summed E-state index contributed by atoms with van der Waals surface area (Å²) in [5.41, 5.74) is 0.395. The lowest BCUT2D eigenvalue weighted by Crippen LogP contribution is -2.16. The molecule has 2 N–H and O–H groups in total. The first-order valence-corrected chi connectivity index (χ1v) is 5.74. The first-order chi connectivity index (χ1) is 9.49. The minimum atomic E-state index is -1.44. The second kappa shape index (κ2) is 5.48. The highest BCUT2D eigenvalue weighted by Gasteiger charge is 2.17. The lowest BCUT2D eigenvalue weighted by Gasteiger charge is -2.09. The third-order valence-electron chi connectivity index (χ3n) is 2.61. The average Bonchev–Trinajstić information content (AvgIpc) is 2.38. The number of hydrogen-bond donors (Lipinski definition) is 2. The van der Waals surface area contributed by atoms with Crippen molar-refractivity contribution in [3.05, 3.63) is 59.2 Å². The molecule has 0 saturated heterocycles. The van der Waals surface area contributed by atoms with E-state index in [-0.39, 0.29) is 11.3 Å². The molecule has 0 spiro atoms. The van der Waals surface area contributed by atoms with Crippen LogP contribution in [0.4, 0.5) is 10.1 Å². The molecule has 2 aromatic rings. The average molecular weight is 274 g/mol. The lowest BCUT2D eigenvalue weighted by molar-refractivity contribution is 0.0693. The molecule has 1 heterocycles. The van der Waals surface area contributed by atoms with E-state index in [4.69, 9.17) is 5.11 Å². The van der Waals surface area contributed by atoms with E-state index in [0.29, 0.717) is 0 Å². The first kappa shape index (κ1) is 13.7. The van der Waals surface area contributed by atoms with Crippen LogP contribution in [-0.4, -0.2) is 22.0 Å². The number of nitrogens with zero attached hydrogens (tertiary/aromatic N) is 1. The van der Waals surface area contributed by atoms with Gasteiger partial charge in [0.2, 0.25) is 0 Å². The van der Waals surface area contributed by atoms with Crippen molar-refractivity contribution in [2.75, 3.05) is 5.32 Å². The Morgan fingerprint density at radius 2 is 2.05 bits per heavy atom.